The molecule has 4 aromatic rings. The highest BCUT2D eigenvalue weighted by molar-refractivity contribution is 5.67. The van der Waals surface area contributed by atoms with E-state index < -0.39 is 0 Å². The van der Waals surface area contributed by atoms with Gasteiger partial charge in [-0.1, -0.05) is 24.3 Å². The molecule has 0 amide bonds. The van der Waals surface area contributed by atoms with E-state index in [0.717, 1.165) is 30.9 Å². The summed E-state index contributed by atoms with van der Waals surface area (Å²) in [7, 11) is 2.11. The van der Waals surface area contributed by atoms with E-state index in [-0.39, 0.29) is 0 Å². The minimum Gasteiger partial charge on any atom is -0.421 e. The Balaban J connectivity index is 1.42. The van der Waals surface area contributed by atoms with Crippen molar-refractivity contribution >= 4 is 11.2 Å². The van der Waals surface area contributed by atoms with Crippen molar-refractivity contribution in [1.82, 2.24) is 24.4 Å². The average molecular weight is 359 g/mol. The zero-order chi connectivity index (χ0) is 18.4. The van der Waals surface area contributed by atoms with Crippen molar-refractivity contribution in [2.45, 2.75) is 26.4 Å². The van der Waals surface area contributed by atoms with Crippen LogP contribution >= 0.6 is 0 Å². The highest BCUT2D eigenvalue weighted by Crippen LogP contribution is 2.28. The number of benzene rings is 1. The molecule has 1 aromatic carbocycles. The Morgan fingerprint density at radius 1 is 1.11 bits per heavy atom. The molecule has 4 heterocycles. The third kappa shape index (κ3) is 2.82. The first-order valence-electron chi connectivity index (χ1n) is 9.22. The van der Waals surface area contributed by atoms with Crippen LogP contribution in [-0.2, 0) is 26.6 Å². The van der Waals surface area contributed by atoms with E-state index in [9.17, 15) is 0 Å². The molecule has 0 bridgehead atoms. The van der Waals surface area contributed by atoms with Gasteiger partial charge in [-0.25, -0.2) is 15.0 Å². The number of imidazole rings is 1. The minimum absolute atomic E-state index is 0.604. The lowest BCUT2D eigenvalue weighted by molar-refractivity contribution is 0.217. The Kier molecular flexibility index (Phi) is 3.79. The predicted octanol–water partition coefficient (Wildman–Crippen LogP) is 3.49. The molecule has 0 unspecified atom stereocenters. The van der Waals surface area contributed by atoms with Gasteiger partial charge in [0.05, 0.1) is 17.9 Å². The van der Waals surface area contributed by atoms with Crippen LogP contribution in [0.5, 0.6) is 0 Å². The topological polar surface area (TPSA) is 60.0 Å². The number of oxazole rings is 1. The summed E-state index contributed by atoms with van der Waals surface area (Å²) in [5.74, 6) is 1.76. The number of nitrogens with zero attached hydrogens (tertiary/aromatic N) is 5. The predicted molar refractivity (Wildman–Crippen MR) is 103 cm³/mol. The number of fused-ring (bicyclic) bond motifs is 2. The first kappa shape index (κ1) is 16.2. The summed E-state index contributed by atoms with van der Waals surface area (Å²) >= 11 is 0. The van der Waals surface area contributed by atoms with Crippen LogP contribution in [0.3, 0.4) is 0 Å². The molecule has 27 heavy (non-hydrogen) atoms. The maximum atomic E-state index is 5.79. The van der Waals surface area contributed by atoms with Gasteiger partial charge < -0.3 is 8.98 Å². The van der Waals surface area contributed by atoms with Gasteiger partial charge in [0.2, 0.25) is 11.6 Å². The summed E-state index contributed by atoms with van der Waals surface area (Å²) in [4.78, 5) is 16.1. The lowest BCUT2D eigenvalue weighted by Crippen LogP contribution is -2.31. The van der Waals surface area contributed by atoms with E-state index in [1.54, 1.807) is 6.20 Å². The van der Waals surface area contributed by atoms with Crippen molar-refractivity contribution in [3.05, 3.63) is 65.4 Å². The zero-order valence-electron chi connectivity index (χ0n) is 15.5. The van der Waals surface area contributed by atoms with Crippen LogP contribution < -0.4 is 0 Å². The fourth-order valence-electron chi connectivity index (χ4n) is 3.81. The van der Waals surface area contributed by atoms with Crippen LogP contribution in [0.4, 0.5) is 0 Å². The van der Waals surface area contributed by atoms with E-state index in [1.807, 2.05) is 12.1 Å². The third-order valence-electron chi connectivity index (χ3n) is 5.29. The normalized spacial score (nSPS) is 14.6. The number of pyridine rings is 1. The molecular weight excluding hydrogens is 338 g/mol. The summed E-state index contributed by atoms with van der Waals surface area (Å²) in [6, 6.07) is 12.2. The van der Waals surface area contributed by atoms with Crippen molar-refractivity contribution in [2.75, 3.05) is 6.54 Å². The molecular formula is C21H21N5O. The van der Waals surface area contributed by atoms with Crippen LogP contribution in [0.2, 0.25) is 0 Å². The highest BCUT2D eigenvalue weighted by atomic mass is 16.4. The first-order valence-corrected chi connectivity index (χ1v) is 9.22. The molecule has 0 fully saturated rings. The lowest BCUT2D eigenvalue weighted by Gasteiger charge is -2.25. The standard InChI is InChI=1S/C21H21N5O/c1-14-6-3-4-7-15(14)20-24-16-9-11-26(12-18(16)25(20)2)13-19-23-17-8-5-10-22-21(17)27-19/h3-8,10H,9,11-13H2,1-2H3. The summed E-state index contributed by atoms with van der Waals surface area (Å²) < 4.78 is 8.03. The van der Waals surface area contributed by atoms with Gasteiger partial charge in [0.1, 0.15) is 11.3 Å². The van der Waals surface area contributed by atoms with Gasteiger partial charge >= 0.3 is 0 Å². The molecule has 0 radical (unpaired) electrons. The number of aryl methyl sites for hydroxylation is 1. The second-order valence-electron chi connectivity index (χ2n) is 7.10. The van der Waals surface area contributed by atoms with Crippen molar-refractivity contribution in [1.29, 1.82) is 0 Å². The molecule has 0 aliphatic carbocycles. The fourth-order valence-corrected chi connectivity index (χ4v) is 3.81. The lowest BCUT2D eigenvalue weighted by atomic mass is 10.1. The fraction of sp³-hybridized carbons (Fsp3) is 0.286. The van der Waals surface area contributed by atoms with Crippen LogP contribution in [0.25, 0.3) is 22.6 Å². The maximum Gasteiger partial charge on any atom is 0.246 e. The maximum absolute atomic E-state index is 5.79. The Morgan fingerprint density at radius 2 is 2.00 bits per heavy atom. The van der Waals surface area contributed by atoms with Gasteiger partial charge in [-0.05, 0) is 24.6 Å². The second kappa shape index (κ2) is 6.32. The molecule has 6 heteroatoms. The Hall–Kier alpha value is -2.99. The largest absolute Gasteiger partial charge is 0.421 e. The summed E-state index contributed by atoms with van der Waals surface area (Å²) in [5, 5.41) is 0. The second-order valence-corrected chi connectivity index (χ2v) is 7.10. The van der Waals surface area contributed by atoms with Gasteiger partial charge in [-0.3, -0.25) is 4.90 Å². The van der Waals surface area contributed by atoms with Crippen molar-refractivity contribution in [2.24, 2.45) is 7.05 Å². The van der Waals surface area contributed by atoms with E-state index in [0.29, 0.717) is 18.1 Å². The van der Waals surface area contributed by atoms with E-state index in [1.165, 1.54) is 22.5 Å². The average Bonchev–Trinajstić information content (AvgIpc) is 3.23. The van der Waals surface area contributed by atoms with Crippen LogP contribution in [0.1, 0.15) is 22.8 Å². The number of hydrogen-bond acceptors (Lipinski definition) is 5. The molecule has 5 rings (SSSR count). The van der Waals surface area contributed by atoms with Crippen molar-refractivity contribution < 1.29 is 4.42 Å². The molecule has 1 aliphatic rings. The Labute approximate surface area is 157 Å². The van der Waals surface area contributed by atoms with E-state index in [4.69, 9.17) is 9.40 Å². The van der Waals surface area contributed by atoms with Gasteiger partial charge in [-0.15, -0.1) is 0 Å². The van der Waals surface area contributed by atoms with Gasteiger partial charge in [0.25, 0.3) is 0 Å². The summed E-state index contributed by atoms with van der Waals surface area (Å²) in [6.07, 6.45) is 2.67. The number of hydrogen-bond donors (Lipinski definition) is 0. The molecule has 6 nitrogen and oxygen atoms in total. The molecule has 136 valence electrons. The van der Waals surface area contributed by atoms with Gasteiger partial charge in [0, 0.05) is 38.3 Å². The SMILES string of the molecule is Cc1ccccc1-c1nc2c(n1C)CN(Cc1nc3cccnc3o1)CC2. The highest BCUT2D eigenvalue weighted by Gasteiger charge is 2.24. The van der Waals surface area contributed by atoms with Gasteiger partial charge in [-0.2, -0.15) is 0 Å². The molecule has 0 spiro atoms. The molecule has 1 aliphatic heterocycles. The van der Waals surface area contributed by atoms with E-state index >= 15 is 0 Å². The smallest absolute Gasteiger partial charge is 0.246 e. The molecule has 0 N–H and O–H groups in total. The number of aromatic nitrogens is 4. The minimum atomic E-state index is 0.604. The van der Waals surface area contributed by atoms with Gasteiger partial charge in [0.15, 0.2) is 0 Å². The Morgan fingerprint density at radius 3 is 2.85 bits per heavy atom. The molecule has 3 aromatic heterocycles. The summed E-state index contributed by atoms with van der Waals surface area (Å²) in [5.41, 5.74) is 6.34. The third-order valence-corrected chi connectivity index (χ3v) is 5.29. The van der Waals surface area contributed by atoms with Crippen molar-refractivity contribution in [3.8, 4) is 11.4 Å². The van der Waals surface area contributed by atoms with E-state index in [2.05, 4.69) is 57.7 Å². The first-order chi connectivity index (χ1) is 13.2. The van der Waals surface area contributed by atoms with Crippen LogP contribution in [-0.4, -0.2) is 31.0 Å². The van der Waals surface area contributed by atoms with Crippen LogP contribution in [0, 0.1) is 6.92 Å². The summed E-state index contributed by atoms with van der Waals surface area (Å²) in [6.45, 7) is 4.61. The number of rotatable bonds is 3. The molecule has 0 atom stereocenters. The monoisotopic (exact) mass is 359 g/mol. The molecule has 0 saturated heterocycles. The van der Waals surface area contributed by atoms with Crippen molar-refractivity contribution in [3.63, 3.8) is 0 Å². The molecule has 0 saturated carbocycles. The quantitative estimate of drug-likeness (QED) is 0.560. The van der Waals surface area contributed by atoms with Crippen LogP contribution in [0.15, 0.2) is 47.0 Å². The zero-order valence-corrected chi connectivity index (χ0v) is 15.5. The Bertz CT molecular complexity index is 1090.